The van der Waals surface area contributed by atoms with Gasteiger partial charge in [-0.1, -0.05) is 67.9 Å². The number of piperidine rings is 1. The molecule has 11 nitrogen and oxygen atoms in total. The summed E-state index contributed by atoms with van der Waals surface area (Å²) in [6.45, 7) is 6.98. The Morgan fingerprint density at radius 2 is 1.71 bits per heavy atom. The van der Waals surface area contributed by atoms with Gasteiger partial charge in [0, 0.05) is 62.4 Å². The summed E-state index contributed by atoms with van der Waals surface area (Å²) in [5.41, 5.74) is 3.85. The average molecular weight is 698 g/mol. The standard InChI is InChI=1S/C40H51N5O6/c1-28-35(25-44-22-19-40(20-23-44)39(49)42-27-45(40)34-12-5-3-6-13-34)50-38(51-37(28)31-17-15-30(26-46)16-18-31)32-10-9-11-33(24-32)43-36(48)14-7-4-8-21-41-29(2)47/h3,5-6,9-13,15-18,24,28,35,37-38,46H,4,7-8,14,19-23,25-27H2,1-2H3,(H,41,47)(H,42,49)(H,43,48). The zero-order valence-corrected chi connectivity index (χ0v) is 29.7. The van der Waals surface area contributed by atoms with Crippen LogP contribution in [0.3, 0.4) is 0 Å². The Balaban J connectivity index is 1.13. The molecule has 3 amide bonds. The molecule has 3 aromatic rings. The molecule has 11 heteroatoms. The Kier molecular flexibility index (Phi) is 12.0. The van der Waals surface area contributed by atoms with Crippen molar-refractivity contribution in [2.24, 2.45) is 5.92 Å². The molecule has 51 heavy (non-hydrogen) atoms. The number of hydrogen-bond acceptors (Lipinski definition) is 8. The zero-order chi connectivity index (χ0) is 35.8. The second-order valence-corrected chi connectivity index (χ2v) is 14.0. The van der Waals surface area contributed by atoms with Crippen molar-refractivity contribution >= 4 is 29.1 Å². The predicted octanol–water partition coefficient (Wildman–Crippen LogP) is 5.03. The van der Waals surface area contributed by atoms with Gasteiger partial charge in [-0.15, -0.1) is 0 Å². The van der Waals surface area contributed by atoms with Gasteiger partial charge in [0.25, 0.3) is 0 Å². The van der Waals surface area contributed by atoms with E-state index in [1.807, 2.05) is 66.7 Å². The van der Waals surface area contributed by atoms with Crippen molar-refractivity contribution in [2.45, 2.75) is 83.0 Å². The van der Waals surface area contributed by atoms with Crippen LogP contribution < -0.4 is 20.9 Å². The highest BCUT2D eigenvalue weighted by Crippen LogP contribution is 2.43. The lowest BCUT2D eigenvalue weighted by Crippen LogP contribution is -2.57. The molecule has 3 aliphatic heterocycles. The smallest absolute Gasteiger partial charge is 0.247 e. The van der Waals surface area contributed by atoms with Gasteiger partial charge in [0.1, 0.15) is 5.54 Å². The van der Waals surface area contributed by atoms with Crippen molar-refractivity contribution in [1.82, 2.24) is 15.5 Å². The normalized spacial score (nSPS) is 23.2. The number of nitrogens with zero attached hydrogens (tertiary/aromatic N) is 2. The number of para-hydroxylation sites is 1. The van der Waals surface area contributed by atoms with Gasteiger partial charge < -0.3 is 40.3 Å². The first-order valence-corrected chi connectivity index (χ1v) is 18.2. The number of ether oxygens (including phenoxy) is 2. The van der Waals surface area contributed by atoms with Gasteiger partial charge in [0.05, 0.1) is 25.5 Å². The summed E-state index contributed by atoms with van der Waals surface area (Å²) in [5, 5.41) is 18.5. The quantitative estimate of drug-likeness (QED) is 0.183. The molecule has 0 saturated carbocycles. The van der Waals surface area contributed by atoms with Crippen LogP contribution in [0.4, 0.5) is 11.4 Å². The van der Waals surface area contributed by atoms with E-state index in [1.54, 1.807) is 0 Å². The molecule has 4 unspecified atom stereocenters. The van der Waals surface area contributed by atoms with E-state index in [2.05, 4.69) is 44.8 Å². The first-order chi connectivity index (χ1) is 24.8. The third kappa shape index (κ3) is 8.78. The molecule has 6 rings (SSSR count). The number of amides is 3. The van der Waals surface area contributed by atoms with Crippen molar-refractivity contribution in [1.29, 1.82) is 0 Å². The fraction of sp³-hybridized carbons (Fsp3) is 0.475. The molecule has 0 aromatic heterocycles. The lowest BCUT2D eigenvalue weighted by Gasteiger charge is -2.46. The molecule has 3 saturated heterocycles. The summed E-state index contributed by atoms with van der Waals surface area (Å²) in [7, 11) is 0. The number of carbonyl (C=O) groups excluding carboxylic acids is 3. The van der Waals surface area contributed by atoms with Gasteiger partial charge in [-0.05, 0) is 61.1 Å². The van der Waals surface area contributed by atoms with E-state index in [4.69, 9.17) is 9.47 Å². The topological polar surface area (TPSA) is 132 Å². The molecule has 1 spiro atoms. The molecular weight excluding hydrogens is 646 g/mol. The zero-order valence-electron chi connectivity index (χ0n) is 29.7. The van der Waals surface area contributed by atoms with Crippen LogP contribution in [0.15, 0.2) is 78.9 Å². The van der Waals surface area contributed by atoms with Crippen molar-refractivity contribution in [3.8, 4) is 0 Å². The van der Waals surface area contributed by atoms with Crippen LogP contribution >= 0.6 is 0 Å². The molecule has 0 bridgehead atoms. The van der Waals surface area contributed by atoms with Gasteiger partial charge in [0.15, 0.2) is 6.29 Å². The Morgan fingerprint density at radius 1 is 0.941 bits per heavy atom. The number of rotatable bonds is 13. The van der Waals surface area contributed by atoms with E-state index in [0.29, 0.717) is 31.9 Å². The lowest BCUT2D eigenvalue weighted by molar-refractivity contribution is -0.276. The highest BCUT2D eigenvalue weighted by Gasteiger charge is 2.51. The molecule has 272 valence electrons. The minimum Gasteiger partial charge on any atom is -0.392 e. The summed E-state index contributed by atoms with van der Waals surface area (Å²) in [6, 6.07) is 25.7. The summed E-state index contributed by atoms with van der Waals surface area (Å²) in [4.78, 5) is 41.7. The summed E-state index contributed by atoms with van der Waals surface area (Å²) >= 11 is 0. The van der Waals surface area contributed by atoms with Crippen LogP contribution in [0, 0.1) is 5.92 Å². The van der Waals surface area contributed by atoms with Crippen LogP contribution in [-0.4, -0.2) is 72.2 Å². The predicted molar refractivity (Wildman–Crippen MR) is 196 cm³/mol. The fourth-order valence-electron chi connectivity index (χ4n) is 7.56. The van der Waals surface area contributed by atoms with Gasteiger partial charge >= 0.3 is 0 Å². The van der Waals surface area contributed by atoms with Crippen molar-refractivity contribution in [2.75, 3.05) is 43.1 Å². The number of hydrogen-bond donors (Lipinski definition) is 4. The third-order valence-corrected chi connectivity index (χ3v) is 10.5. The fourth-order valence-corrected chi connectivity index (χ4v) is 7.56. The van der Waals surface area contributed by atoms with E-state index in [0.717, 1.165) is 67.6 Å². The minimum absolute atomic E-state index is 0.0150. The maximum absolute atomic E-state index is 13.3. The minimum atomic E-state index is -0.662. The largest absolute Gasteiger partial charge is 0.392 e. The highest BCUT2D eigenvalue weighted by atomic mass is 16.7. The van der Waals surface area contributed by atoms with Crippen LogP contribution in [0.5, 0.6) is 0 Å². The SMILES string of the molecule is CC(=O)NCCCCCC(=O)Nc1cccc(C2OC(CN3CCC4(CC3)C(=O)NCN4c3ccccc3)C(C)C(c3ccc(CO)cc3)O2)c1. The number of aliphatic hydroxyl groups is 1. The van der Waals surface area contributed by atoms with Crippen LogP contribution in [0.25, 0.3) is 0 Å². The number of benzene rings is 3. The van der Waals surface area contributed by atoms with E-state index in [9.17, 15) is 19.5 Å². The summed E-state index contributed by atoms with van der Waals surface area (Å²) in [6.07, 6.45) is 3.17. The van der Waals surface area contributed by atoms with E-state index < -0.39 is 11.8 Å². The van der Waals surface area contributed by atoms with Gasteiger partial charge in [-0.3, -0.25) is 14.4 Å². The number of carbonyl (C=O) groups is 3. The molecule has 3 fully saturated rings. The second kappa shape index (κ2) is 16.8. The van der Waals surface area contributed by atoms with Gasteiger partial charge in [0.2, 0.25) is 17.7 Å². The van der Waals surface area contributed by atoms with Crippen molar-refractivity contribution in [3.05, 3.63) is 95.6 Å². The molecule has 3 aromatic carbocycles. The summed E-state index contributed by atoms with van der Waals surface area (Å²) < 4.78 is 13.4. The molecular formula is C40H51N5O6. The Hall–Kier alpha value is -4.29. The second-order valence-electron chi connectivity index (χ2n) is 14.0. The Labute approximate surface area is 300 Å². The van der Waals surface area contributed by atoms with Gasteiger partial charge in [-0.25, -0.2) is 0 Å². The molecule has 0 radical (unpaired) electrons. The van der Waals surface area contributed by atoms with Crippen LogP contribution in [0.1, 0.15) is 81.5 Å². The van der Waals surface area contributed by atoms with E-state index in [1.165, 1.54) is 6.92 Å². The average Bonchev–Trinajstić information content (AvgIpc) is 3.46. The summed E-state index contributed by atoms with van der Waals surface area (Å²) in [5.74, 6) is 0.0125. The Bertz CT molecular complexity index is 1630. The number of aliphatic hydroxyl groups excluding tert-OH is 1. The van der Waals surface area contributed by atoms with Crippen molar-refractivity contribution < 1.29 is 29.0 Å². The van der Waals surface area contributed by atoms with Gasteiger partial charge in [-0.2, -0.15) is 0 Å². The maximum atomic E-state index is 13.3. The highest BCUT2D eigenvalue weighted by molar-refractivity contribution is 5.93. The van der Waals surface area contributed by atoms with E-state index >= 15 is 0 Å². The van der Waals surface area contributed by atoms with Crippen LogP contribution in [-0.2, 0) is 30.5 Å². The number of nitrogens with one attached hydrogen (secondary N) is 3. The molecule has 4 N–H and O–H groups in total. The monoisotopic (exact) mass is 697 g/mol. The third-order valence-electron chi connectivity index (χ3n) is 10.5. The number of likely N-dealkylation sites (tertiary alicyclic amines) is 1. The van der Waals surface area contributed by atoms with Crippen LogP contribution in [0.2, 0.25) is 0 Å². The molecule has 4 atom stereocenters. The molecule has 3 aliphatic rings. The maximum Gasteiger partial charge on any atom is 0.247 e. The molecule has 0 aliphatic carbocycles. The number of unbranched alkanes of at least 4 members (excludes halogenated alkanes) is 2. The van der Waals surface area contributed by atoms with Crippen molar-refractivity contribution in [3.63, 3.8) is 0 Å². The molecule has 3 heterocycles. The van der Waals surface area contributed by atoms with E-state index in [-0.39, 0.29) is 42.5 Å². The lowest BCUT2D eigenvalue weighted by atomic mass is 9.84. The first-order valence-electron chi connectivity index (χ1n) is 18.2. The number of anilines is 2. The Morgan fingerprint density at radius 3 is 2.43 bits per heavy atom. The first kappa shape index (κ1) is 36.5.